The highest BCUT2D eigenvalue weighted by molar-refractivity contribution is 8.01. The zero-order valence-electron chi connectivity index (χ0n) is 17.1. The summed E-state index contributed by atoms with van der Waals surface area (Å²) in [6, 6.07) is 5.46. The molecule has 1 aliphatic rings. The van der Waals surface area contributed by atoms with Crippen LogP contribution in [-0.4, -0.2) is 40.9 Å². The first-order valence-corrected chi connectivity index (χ1v) is 12.0. The number of benzene rings is 1. The first-order valence-electron chi connectivity index (χ1n) is 10.2. The number of anilines is 1. The molecule has 1 fully saturated rings. The number of thiazole rings is 1. The van der Waals surface area contributed by atoms with Gasteiger partial charge in [0.15, 0.2) is 4.34 Å². The lowest BCUT2D eigenvalue weighted by molar-refractivity contribution is -0.129. The van der Waals surface area contributed by atoms with Gasteiger partial charge in [-0.25, -0.2) is 9.78 Å². The number of nitrogens with zero attached hydrogens (tertiary/aromatic N) is 1. The van der Waals surface area contributed by atoms with Gasteiger partial charge in [0.2, 0.25) is 5.91 Å². The van der Waals surface area contributed by atoms with E-state index in [-0.39, 0.29) is 29.8 Å². The second kappa shape index (κ2) is 10.5. The van der Waals surface area contributed by atoms with E-state index in [4.69, 9.17) is 0 Å². The Hall–Kier alpha value is -2.01. The molecule has 0 saturated carbocycles. The molecule has 2 unspecified atom stereocenters. The van der Waals surface area contributed by atoms with Crippen molar-refractivity contribution in [3.05, 3.63) is 18.2 Å². The number of alkyl halides is 3. The third-order valence-electron chi connectivity index (χ3n) is 4.96. The maximum absolute atomic E-state index is 12.3. The number of amides is 3. The highest BCUT2D eigenvalue weighted by Gasteiger charge is 2.27. The van der Waals surface area contributed by atoms with Gasteiger partial charge >= 0.3 is 12.2 Å². The minimum Gasteiger partial charge on any atom is -0.334 e. The maximum atomic E-state index is 12.3. The Balaban J connectivity index is 1.39. The third kappa shape index (κ3) is 7.57. The summed E-state index contributed by atoms with van der Waals surface area (Å²) in [5.41, 5.74) is 1.36. The van der Waals surface area contributed by atoms with Crippen molar-refractivity contribution in [3.8, 4) is 0 Å². The van der Waals surface area contributed by atoms with Crippen LogP contribution >= 0.6 is 23.1 Å². The summed E-state index contributed by atoms with van der Waals surface area (Å²) in [6.45, 7) is 1.97. The molecule has 1 aromatic heterocycles. The average Bonchev–Trinajstić information content (AvgIpc) is 3.21. The summed E-state index contributed by atoms with van der Waals surface area (Å²) in [7, 11) is 0. The van der Waals surface area contributed by atoms with Crippen LogP contribution in [0.25, 0.3) is 10.2 Å². The number of halogens is 3. The summed E-state index contributed by atoms with van der Waals surface area (Å²) in [5, 5.41) is 8.57. The van der Waals surface area contributed by atoms with Gasteiger partial charge < -0.3 is 16.0 Å². The van der Waals surface area contributed by atoms with Gasteiger partial charge in [0.05, 0.1) is 22.7 Å². The number of hydrogen-bond acceptors (Lipinski definition) is 5. The van der Waals surface area contributed by atoms with Crippen LogP contribution < -0.4 is 16.0 Å². The van der Waals surface area contributed by atoms with Gasteiger partial charge in [-0.05, 0) is 38.0 Å². The predicted octanol–water partition coefficient (Wildman–Crippen LogP) is 5.30. The number of urea groups is 1. The number of unbranched alkanes of at least 4 members (excludes halogenated alkanes) is 2. The zero-order valence-corrected chi connectivity index (χ0v) is 18.7. The topological polar surface area (TPSA) is 83.1 Å². The van der Waals surface area contributed by atoms with Crippen LogP contribution in [-0.2, 0) is 4.79 Å². The Kier molecular flexibility index (Phi) is 8.04. The third-order valence-corrected chi connectivity index (χ3v) is 7.12. The van der Waals surface area contributed by atoms with E-state index in [9.17, 15) is 22.8 Å². The van der Waals surface area contributed by atoms with Crippen molar-refractivity contribution in [2.45, 2.75) is 68.0 Å². The minimum absolute atomic E-state index is 0.0601. The van der Waals surface area contributed by atoms with E-state index in [1.54, 1.807) is 18.2 Å². The van der Waals surface area contributed by atoms with Crippen LogP contribution in [0.2, 0.25) is 0 Å². The molecule has 1 aromatic carbocycles. The molecule has 170 valence electrons. The van der Waals surface area contributed by atoms with Crippen molar-refractivity contribution >= 4 is 50.9 Å². The van der Waals surface area contributed by atoms with Crippen molar-refractivity contribution in [3.63, 3.8) is 0 Å². The van der Waals surface area contributed by atoms with Gasteiger partial charge in [0.1, 0.15) is 0 Å². The molecule has 1 aliphatic heterocycles. The van der Waals surface area contributed by atoms with Crippen molar-refractivity contribution in [1.29, 1.82) is 0 Å². The van der Waals surface area contributed by atoms with E-state index in [1.807, 2.05) is 6.92 Å². The number of carbonyl (C=O) groups is 2. The van der Waals surface area contributed by atoms with Crippen LogP contribution in [0.15, 0.2) is 22.5 Å². The molecule has 2 heterocycles. The summed E-state index contributed by atoms with van der Waals surface area (Å²) < 4.78 is 38.3. The summed E-state index contributed by atoms with van der Waals surface area (Å²) in [6.07, 6.45) is -1.12. The minimum atomic E-state index is -4.16. The standard InChI is InChI=1S/C20H25F3N4O2S2/c1-12-14(26-18(29)24-12)5-3-2-4-6-17(28)25-13-7-8-15-16(11-13)31-19(27-15)30-10-9-20(21,22)23/h7-8,11-12,14H,2-6,9-10H2,1H3,(H,25,28)(H2,24,26,29). The van der Waals surface area contributed by atoms with E-state index in [0.717, 1.165) is 42.1 Å². The van der Waals surface area contributed by atoms with Crippen LogP contribution in [0.3, 0.4) is 0 Å². The first kappa shape index (κ1) is 23.6. The van der Waals surface area contributed by atoms with Crippen molar-refractivity contribution in [1.82, 2.24) is 15.6 Å². The van der Waals surface area contributed by atoms with Crippen LogP contribution in [0.4, 0.5) is 23.7 Å². The lowest BCUT2D eigenvalue weighted by atomic mass is 10.0. The Morgan fingerprint density at radius 2 is 2.06 bits per heavy atom. The van der Waals surface area contributed by atoms with Gasteiger partial charge in [0.25, 0.3) is 0 Å². The van der Waals surface area contributed by atoms with Crippen molar-refractivity contribution in [2.24, 2.45) is 0 Å². The van der Waals surface area contributed by atoms with E-state index in [2.05, 4.69) is 20.9 Å². The molecule has 3 N–H and O–H groups in total. The number of nitrogens with one attached hydrogen (secondary N) is 3. The van der Waals surface area contributed by atoms with Crippen molar-refractivity contribution < 1.29 is 22.8 Å². The molecule has 0 spiro atoms. The SMILES string of the molecule is CC1NC(=O)NC1CCCCCC(=O)Nc1ccc2nc(SCCC(F)(F)F)sc2c1. The Bertz CT molecular complexity index is 919. The smallest absolute Gasteiger partial charge is 0.334 e. The average molecular weight is 475 g/mol. The van der Waals surface area contributed by atoms with Crippen molar-refractivity contribution in [2.75, 3.05) is 11.1 Å². The highest BCUT2D eigenvalue weighted by Crippen LogP contribution is 2.33. The highest BCUT2D eigenvalue weighted by atomic mass is 32.2. The Morgan fingerprint density at radius 3 is 2.77 bits per heavy atom. The maximum Gasteiger partial charge on any atom is 0.389 e. The first-order chi connectivity index (χ1) is 14.7. The lowest BCUT2D eigenvalue weighted by Gasteiger charge is -2.13. The largest absolute Gasteiger partial charge is 0.389 e. The number of aromatic nitrogens is 1. The summed E-state index contributed by atoms with van der Waals surface area (Å²) in [4.78, 5) is 27.8. The predicted molar refractivity (Wildman–Crippen MR) is 118 cm³/mol. The molecule has 2 aromatic rings. The molecular formula is C20H25F3N4O2S2. The molecule has 6 nitrogen and oxygen atoms in total. The Morgan fingerprint density at radius 1 is 1.26 bits per heavy atom. The molecule has 11 heteroatoms. The number of carbonyl (C=O) groups excluding carboxylic acids is 2. The lowest BCUT2D eigenvalue weighted by Crippen LogP contribution is -2.30. The van der Waals surface area contributed by atoms with Gasteiger partial charge in [-0.1, -0.05) is 24.6 Å². The number of rotatable bonds is 10. The molecule has 1 saturated heterocycles. The second-order valence-electron chi connectivity index (χ2n) is 7.54. The molecule has 0 bridgehead atoms. The van der Waals surface area contributed by atoms with Crippen LogP contribution in [0.1, 0.15) is 45.4 Å². The van der Waals surface area contributed by atoms with E-state index >= 15 is 0 Å². The van der Waals surface area contributed by atoms with Gasteiger partial charge in [-0.15, -0.1) is 11.3 Å². The number of fused-ring (bicyclic) bond motifs is 1. The zero-order chi connectivity index (χ0) is 22.4. The second-order valence-corrected chi connectivity index (χ2v) is 9.91. The monoisotopic (exact) mass is 474 g/mol. The van der Waals surface area contributed by atoms with E-state index in [0.29, 0.717) is 22.0 Å². The molecule has 0 aliphatic carbocycles. The molecule has 2 atom stereocenters. The van der Waals surface area contributed by atoms with Gasteiger partial charge in [-0.3, -0.25) is 4.79 Å². The number of thioether (sulfide) groups is 1. The molecule has 3 rings (SSSR count). The number of hydrogen-bond donors (Lipinski definition) is 3. The summed E-state index contributed by atoms with van der Waals surface area (Å²) in [5.74, 6) is -0.136. The van der Waals surface area contributed by atoms with E-state index < -0.39 is 12.6 Å². The quantitative estimate of drug-likeness (QED) is 0.322. The molecule has 3 amide bonds. The van der Waals surface area contributed by atoms with Crippen LogP contribution in [0, 0.1) is 0 Å². The normalized spacial score (nSPS) is 18.8. The fraction of sp³-hybridized carbons (Fsp3) is 0.550. The Labute approximate surface area is 186 Å². The van der Waals surface area contributed by atoms with Crippen LogP contribution in [0.5, 0.6) is 0 Å². The van der Waals surface area contributed by atoms with E-state index in [1.165, 1.54) is 11.3 Å². The molecule has 31 heavy (non-hydrogen) atoms. The molecule has 0 radical (unpaired) electrons. The summed E-state index contributed by atoms with van der Waals surface area (Å²) >= 11 is 2.41. The fourth-order valence-corrected chi connectivity index (χ4v) is 5.47. The van der Waals surface area contributed by atoms with Gasteiger partial charge in [-0.2, -0.15) is 13.2 Å². The fourth-order valence-electron chi connectivity index (χ4n) is 3.31. The van der Waals surface area contributed by atoms with Gasteiger partial charge in [0, 0.05) is 23.9 Å². The molecular weight excluding hydrogens is 449 g/mol.